The highest BCUT2D eigenvalue weighted by molar-refractivity contribution is 7.98. The number of benzene rings is 1. The first-order valence-electron chi connectivity index (χ1n) is 4.31. The van der Waals surface area contributed by atoms with Gasteiger partial charge in [-0.05, 0) is 30.5 Å². The number of hydrogen-bond acceptors (Lipinski definition) is 3. The third-order valence-corrected chi connectivity index (χ3v) is 2.84. The molecule has 1 aromatic rings. The first kappa shape index (κ1) is 8.63. The van der Waals surface area contributed by atoms with Crippen molar-refractivity contribution in [3.8, 4) is 0 Å². The van der Waals surface area contributed by atoms with Crippen molar-refractivity contribution >= 4 is 23.8 Å². The Hall–Kier alpha value is -0.960. The maximum absolute atomic E-state index is 4.18. The average Bonchev–Trinajstić information content (AvgIpc) is 2.71. The van der Waals surface area contributed by atoms with Gasteiger partial charge in [-0.15, -0.1) is 11.8 Å². The Morgan fingerprint density at radius 3 is 2.62 bits per heavy atom. The minimum atomic E-state index is 0.921. The number of anilines is 1. The number of thioether (sulfide) groups is 1. The lowest BCUT2D eigenvalue weighted by atomic mass is 10.3. The van der Waals surface area contributed by atoms with E-state index in [4.69, 9.17) is 0 Å². The van der Waals surface area contributed by atoms with E-state index in [0.29, 0.717) is 0 Å². The molecule has 0 saturated heterocycles. The first-order chi connectivity index (χ1) is 6.40. The summed E-state index contributed by atoms with van der Waals surface area (Å²) in [6, 6.07) is 8.57. The molecule has 68 valence electrons. The summed E-state index contributed by atoms with van der Waals surface area (Å²) in [4.78, 5) is 7.66. The van der Waals surface area contributed by atoms with Gasteiger partial charge in [-0.25, -0.2) is 0 Å². The molecule has 0 unspecified atom stereocenters. The molecular formula is C10H12N2S. The number of hydrogen-bond donors (Lipinski definition) is 0. The van der Waals surface area contributed by atoms with Gasteiger partial charge >= 0.3 is 0 Å². The van der Waals surface area contributed by atoms with Crippen LogP contribution in [0.4, 0.5) is 5.69 Å². The molecule has 0 bridgehead atoms. The molecule has 1 aromatic carbocycles. The first-order valence-corrected chi connectivity index (χ1v) is 5.53. The molecule has 1 aliphatic rings. The Balaban J connectivity index is 2.17. The topological polar surface area (TPSA) is 15.6 Å². The second-order valence-corrected chi connectivity index (χ2v) is 3.79. The van der Waals surface area contributed by atoms with Crippen LogP contribution in [0.2, 0.25) is 0 Å². The monoisotopic (exact) mass is 192 g/mol. The van der Waals surface area contributed by atoms with Crippen LogP contribution in [-0.4, -0.2) is 25.7 Å². The summed E-state index contributed by atoms with van der Waals surface area (Å²) in [5.41, 5.74) is 1.24. The second kappa shape index (κ2) is 3.83. The molecule has 13 heavy (non-hydrogen) atoms. The smallest absolute Gasteiger partial charge is 0.0895 e. The van der Waals surface area contributed by atoms with Crippen LogP contribution >= 0.6 is 11.8 Å². The van der Waals surface area contributed by atoms with Crippen molar-refractivity contribution in [2.24, 2.45) is 4.99 Å². The summed E-state index contributed by atoms with van der Waals surface area (Å²) in [5, 5.41) is 0. The fraction of sp³-hybridized carbons (Fsp3) is 0.300. The molecule has 1 aliphatic heterocycles. The molecule has 2 nitrogen and oxygen atoms in total. The lowest BCUT2D eigenvalue weighted by molar-refractivity contribution is 1.02. The Labute approximate surface area is 82.7 Å². The summed E-state index contributed by atoms with van der Waals surface area (Å²) in [6.45, 7) is 1.93. The van der Waals surface area contributed by atoms with Crippen LogP contribution in [0.25, 0.3) is 0 Å². The van der Waals surface area contributed by atoms with Crippen molar-refractivity contribution in [3.63, 3.8) is 0 Å². The third kappa shape index (κ3) is 1.86. The fourth-order valence-corrected chi connectivity index (χ4v) is 1.76. The highest BCUT2D eigenvalue weighted by Crippen LogP contribution is 2.20. The Morgan fingerprint density at radius 1 is 1.31 bits per heavy atom. The molecule has 0 fully saturated rings. The molecule has 0 amide bonds. The van der Waals surface area contributed by atoms with Crippen LogP contribution in [0.5, 0.6) is 0 Å². The van der Waals surface area contributed by atoms with E-state index in [-0.39, 0.29) is 0 Å². The van der Waals surface area contributed by atoms with Gasteiger partial charge in [-0.3, -0.25) is 4.99 Å². The Morgan fingerprint density at radius 2 is 2.08 bits per heavy atom. The zero-order valence-corrected chi connectivity index (χ0v) is 8.42. The maximum Gasteiger partial charge on any atom is 0.0895 e. The van der Waals surface area contributed by atoms with Gasteiger partial charge in [0.25, 0.3) is 0 Å². The summed E-state index contributed by atoms with van der Waals surface area (Å²) in [7, 11) is 0. The van der Waals surface area contributed by atoms with Gasteiger partial charge in [0, 0.05) is 17.1 Å². The van der Waals surface area contributed by atoms with E-state index in [1.807, 2.05) is 6.34 Å². The van der Waals surface area contributed by atoms with E-state index in [1.54, 1.807) is 11.8 Å². The van der Waals surface area contributed by atoms with Crippen molar-refractivity contribution in [2.45, 2.75) is 4.90 Å². The summed E-state index contributed by atoms with van der Waals surface area (Å²) in [6.07, 6.45) is 4.00. The van der Waals surface area contributed by atoms with E-state index in [2.05, 4.69) is 40.4 Å². The van der Waals surface area contributed by atoms with E-state index >= 15 is 0 Å². The fourth-order valence-electron chi connectivity index (χ4n) is 1.35. The normalized spacial score (nSPS) is 15.3. The average molecular weight is 192 g/mol. The summed E-state index contributed by atoms with van der Waals surface area (Å²) >= 11 is 1.77. The summed E-state index contributed by atoms with van der Waals surface area (Å²) in [5.74, 6) is 0. The van der Waals surface area contributed by atoms with E-state index in [9.17, 15) is 0 Å². The van der Waals surface area contributed by atoms with Gasteiger partial charge < -0.3 is 4.90 Å². The minimum Gasteiger partial charge on any atom is -0.331 e. The molecule has 2 rings (SSSR count). The van der Waals surface area contributed by atoms with Gasteiger partial charge in [0.2, 0.25) is 0 Å². The van der Waals surface area contributed by atoms with Crippen LogP contribution in [0, 0.1) is 0 Å². The molecular weight excluding hydrogens is 180 g/mol. The number of aliphatic imine (C=N–C) groups is 1. The second-order valence-electron chi connectivity index (χ2n) is 2.91. The number of rotatable bonds is 2. The Bertz CT molecular complexity index is 305. The van der Waals surface area contributed by atoms with Gasteiger partial charge in [0.05, 0.1) is 12.9 Å². The van der Waals surface area contributed by atoms with Gasteiger partial charge in [0.1, 0.15) is 0 Å². The predicted molar refractivity (Wildman–Crippen MR) is 58.9 cm³/mol. The van der Waals surface area contributed by atoms with Crippen LogP contribution < -0.4 is 4.90 Å². The third-order valence-electron chi connectivity index (χ3n) is 2.10. The largest absolute Gasteiger partial charge is 0.331 e. The molecule has 0 radical (unpaired) electrons. The van der Waals surface area contributed by atoms with Crippen molar-refractivity contribution in [1.82, 2.24) is 0 Å². The molecule has 0 atom stereocenters. The highest BCUT2D eigenvalue weighted by Gasteiger charge is 2.06. The zero-order chi connectivity index (χ0) is 9.10. The zero-order valence-electron chi connectivity index (χ0n) is 7.60. The predicted octanol–water partition coefficient (Wildman–Crippen LogP) is 2.26. The SMILES string of the molecule is CSc1ccc(N2C=NCC2)cc1. The van der Waals surface area contributed by atoms with E-state index < -0.39 is 0 Å². The van der Waals surface area contributed by atoms with Gasteiger partial charge in [0.15, 0.2) is 0 Å². The molecule has 0 N–H and O–H groups in total. The minimum absolute atomic E-state index is 0.921. The van der Waals surface area contributed by atoms with Crippen molar-refractivity contribution in [1.29, 1.82) is 0 Å². The lowest BCUT2D eigenvalue weighted by Gasteiger charge is -2.13. The highest BCUT2D eigenvalue weighted by atomic mass is 32.2. The van der Waals surface area contributed by atoms with Crippen molar-refractivity contribution < 1.29 is 0 Å². The van der Waals surface area contributed by atoms with Crippen LogP contribution in [-0.2, 0) is 0 Å². The molecule has 0 spiro atoms. The molecule has 1 heterocycles. The maximum atomic E-state index is 4.18. The standard InChI is InChI=1S/C10H12N2S/c1-13-10-4-2-9(3-5-10)12-7-6-11-8-12/h2-5,8H,6-7H2,1H3. The van der Waals surface area contributed by atoms with Crippen LogP contribution in [0.3, 0.4) is 0 Å². The Kier molecular flexibility index (Phi) is 2.54. The van der Waals surface area contributed by atoms with E-state index in [1.165, 1.54) is 10.6 Å². The quantitative estimate of drug-likeness (QED) is 0.668. The lowest BCUT2D eigenvalue weighted by Crippen LogP contribution is -2.17. The number of nitrogens with zero attached hydrogens (tertiary/aromatic N) is 2. The van der Waals surface area contributed by atoms with Crippen LogP contribution in [0.1, 0.15) is 0 Å². The molecule has 0 aromatic heterocycles. The van der Waals surface area contributed by atoms with Crippen molar-refractivity contribution in [3.05, 3.63) is 24.3 Å². The molecule has 0 saturated carbocycles. The molecule has 0 aliphatic carbocycles. The van der Waals surface area contributed by atoms with E-state index in [0.717, 1.165) is 13.1 Å². The van der Waals surface area contributed by atoms with Crippen molar-refractivity contribution in [2.75, 3.05) is 24.2 Å². The van der Waals surface area contributed by atoms with Gasteiger partial charge in [-0.2, -0.15) is 0 Å². The molecule has 3 heteroatoms. The summed E-state index contributed by atoms with van der Waals surface area (Å²) < 4.78 is 0. The van der Waals surface area contributed by atoms with Gasteiger partial charge in [-0.1, -0.05) is 0 Å². The van der Waals surface area contributed by atoms with Crippen LogP contribution in [0.15, 0.2) is 34.2 Å².